The fourth-order valence-electron chi connectivity index (χ4n) is 1.55. The van der Waals surface area contributed by atoms with Gasteiger partial charge in [-0.3, -0.25) is 0 Å². The third kappa shape index (κ3) is 5.70. The predicted octanol–water partition coefficient (Wildman–Crippen LogP) is 2.61. The Hall–Kier alpha value is -1.07. The summed E-state index contributed by atoms with van der Waals surface area (Å²) in [6.45, 7) is 1.81. The topological polar surface area (TPSA) is 32.3 Å². The summed E-state index contributed by atoms with van der Waals surface area (Å²) in [5.41, 5.74) is 1.62. The van der Waals surface area contributed by atoms with Crippen molar-refractivity contribution in [2.45, 2.75) is 38.7 Å². The molecule has 96 valence electrons. The number of aliphatic hydroxyl groups is 1. The van der Waals surface area contributed by atoms with E-state index in [1.807, 2.05) is 6.07 Å². The summed E-state index contributed by atoms with van der Waals surface area (Å²) in [7, 11) is 0. The van der Waals surface area contributed by atoms with Crippen LogP contribution in [0.1, 0.15) is 24.5 Å². The molecule has 0 fully saturated rings. The Morgan fingerprint density at radius 3 is 2.53 bits per heavy atom. The second-order valence-electron chi connectivity index (χ2n) is 4.08. The number of halogens is 3. The summed E-state index contributed by atoms with van der Waals surface area (Å²) in [5.74, 6) is 0. The molecule has 1 rings (SSSR count). The Balaban J connectivity index is 2.44. The minimum atomic E-state index is -4.14. The highest BCUT2D eigenvalue weighted by Crippen LogP contribution is 2.21. The van der Waals surface area contributed by atoms with Gasteiger partial charge in [0.15, 0.2) is 0 Å². The summed E-state index contributed by atoms with van der Waals surface area (Å²) in [4.78, 5) is 0. The van der Waals surface area contributed by atoms with E-state index < -0.39 is 18.6 Å². The lowest BCUT2D eigenvalue weighted by molar-refractivity contribution is -0.139. The SMILES string of the molecule is CC(CC(F)(F)F)NCc1cccc(CO)c1. The van der Waals surface area contributed by atoms with Crippen LogP contribution in [0.4, 0.5) is 13.2 Å². The van der Waals surface area contributed by atoms with Crippen molar-refractivity contribution in [2.75, 3.05) is 0 Å². The molecular formula is C12H16F3NO. The van der Waals surface area contributed by atoms with E-state index in [-0.39, 0.29) is 6.61 Å². The van der Waals surface area contributed by atoms with Crippen molar-refractivity contribution in [2.24, 2.45) is 0 Å². The second-order valence-corrected chi connectivity index (χ2v) is 4.08. The fourth-order valence-corrected chi connectivity index (χ4v) is 1.55. The van der Waals surface area contributed by atoms with Crippen molar-refractivity contribution >= 4 is 0 Å². The lowest BCUT2D eigenvalue weighted by Gasteiger charge is -2.16. The Morgan fingerprint density at radius 1 is 1.29 bits per heavy atom. The molecule has 0 amide bonds. The molecule has 0 saturated carbocycles. The van der Waals surface area contributed by atoms with Gasteiger partial charge in [0.05, 0.1) is 13.0 Å². The summed E-state index contributed by atoms with van der Waals surface area (Å²) in [5, 5.41) is 11.7. The van der Waals surface area contributed by atoms with E-state index in [9.17, 15) is 13.2 Å². The number of nitrogens with one attached hydrogen (secondary N) is 1. The largest absolute Gasteiger partial charge is 0.392 e. The Labute approximate surface area is 98.5 Å². The zero-order valence-corrected chi connectivity index (χ0v) is 9.59. The molecule has 0 aliphatic carbocycles. The van der Waals surface area contributed by atoms with Crippen LogP contribution in [0, 0.1) is 0 Å². The van der Waals surface area contributed by atoms with E-state index in [0.717, 1.165) is 11.1 Å². The zero-order valence-electron chi connectivity index (χ0n) is 9.59. The van der Waals surface area contributed by atoms with Crippen LogP contribution in [0.15, 0.2) is 24.3 Å². The van der Waals surface area contributed by atoms with Gasteiger partial charge < -0.3 is 10.4 Å². The van der Waals surface area contributed by atoms with Gasteiger partial charge in [-0.2, -0.15) is 13.2 Å². The molecule has 1 atom stereocenters. The van der Waals surface area contributed by atoms with E-state index in [1.54, 1.807) is 18.2 Å². The van der Waals surface area contributed by atoms with Gasteiger partial charge in [-0.05, 0) is 18.1 Å². The molecule has 5 heteroatoms. The molecule has 0 aliphatic heterocycles. The first-order valence-corrected chi connectivity index (χ1v) is 5.39. The number of hydrogen-bond donors (Lipinski definition) is 2. The van der Waals surface area contributed by atoms with E-state index >= 15 is 0 Å². The molecule has 1 aromatic carbocycles. The van der Waals surface area contributed by atoms with E-state index in [2.05, 4.69) is 5.32 Å². The van der Waals surface area contributed by atoms with Gasteiger partial charge >= 0.3 is 6.18 Å². The Kier molecular flexibility index (Phi) is 4.96. The smallest absolute Gasteiger partial charge is 0.390 e. The molecule has 0 heterocycles. The number of benzene rings is 1. The molecule has 0 aromatic heterocycles. The van der Waals surface area contributed by atoms with Crippen molar-refractivity contribution in [3.8, 4) is 0 Å². The van der Waals surface area contributed by atoms with Crippen LogP contribution in [-0.4, -0.2) is 17.3 Å². The first kappa shape index (κ1) is 14.0. The maximum atomic E-state index is 12.1. The molecule has 0 saturated heterocycles. The fraction of sp³-hybridized carbons (Fsp3) is 0.500. The van der Waals surface area contributed by atoms with Crippen LogP contribution in [0.5, 0.6) is 0 Å². The normalized spacial score (nSPS) is 13.7. The molecule has 1 aromatic rings. The van der Waals surface area contributed by atoms with Gasteiger partial charge in [-0.15, -0.1) is 0 Å². The van der Waals surface area contributed by atoms with Gasteiger partial charge in [0, 0.05) is 12.6 Å². The monoisotopic (exact) mass is 247 g/mol. The lowest BCUT2D eigenvalue weighted by Crippen LogP contribution is -2.30. The van der Waals surface area contributed by atoms with Crippen LogP contribution in [0.25, 0.3) is 0 Å². The van der Waals surface area contributed by atoms with E-state index in [4.69, 9.17) is 5.11 Å². The summed E-state index contributed by atoms with van der Waals surface area (Å²) < 4.78 is 36.2. The van der Waals surface area contributed by atoms with Crippen LogP contribution in [0.2, 0.25) is 0 Å². The average molecular weight is 247 g/mol. The standard InChI is InChI=1S/C12H16F3NO/c1-9(6-12(13,14)15)16-7-10-3-2-4-11(5-10)8-17/h2-5,9,16-17H,6-8H2,1H3. The highest BCUT2D eigenvalue weighted by atomic mass is 19.4. The highest BCUT2D eigenvalue weighted by Gasteiger charge is 2.29. The number of alkyl halides is 3. The third-order valence-electron chi connectivity index (χ3n) is 2.37. The summed E-state index contributed by atoms with van der Waals surface area (Å²) in [6, 6.07) is 6.51. The molecule has 0 spiro atoms. The lowest BCUT2D eigenvalue weighted by atomic mass is 10.1. The number of aliphatic hydroxyl groups excluding tert-OH is 1. The van der Waals surface area contributed by atoms with Gasteiger partial charge in [-0.1, -0.05) is 24.3 Å². The van der Waals surface area contributed by atoms with Crippen LogP contribution < -0.4 is 5.32 Å². The first-order chi connectivity index (χ1) is 7.90. The molecule has 1 unspecified atom stereocenters. The molecule has 0 radical (unpaired) electrons. The van der Waals surface area contributed by atoms with Gasteiger partial charge in [-0.25, -0.2) is 0 Å². The Morgan fingerprint density at radius 2 is 1.94 bits per heavy atom. The van der Waals surface area contributed by atoms with Crippen molar-refractivity contribution in [3.05, 3.63) is 35.4 Å². The molecular weight excluding hydrogens is 231 g/mol. The van der Waals surface area contributed by atoms with Gasteiger partial charge in [0.2, 0.25) is 0 Å². The van der Waals surface area contributed by atoms with Crippen LogP contribution in [0.3, 0.4) is 0 Å². The minimum Gasteiger partial charge on any atom is -0.392 e. The number of hydrogen-bond acceptors (Lipinski definition) is 2. The maximum absolute atomic E-state index is 12.1. The molecule has 2 nitrogen and oxygen atoms in total. The predicted molar refractivity (Wildman–Crippen MR) is 59.3 cm³/mol. The second kappa shape index (κ2) is 6.02. The van der Waals surface area contributed by atoms with E-state index in [0.29, 0.717) is 6.54 Å². The molecule has 0 aliphatic rings. The first-order valence-electron chi connectivity index (χ1n) is 5.39. The van der Waals surface area contributed by atoms with Crippen molar-refractivity contribution in [1.29, 1.82) is 0 Å². The van der Waals surface area contributed by atoms with Crippen LogP contribution >= 0.6 is 0 Å². The third-order valence-corrected chi connectivity index (χ3v) is 2.37. The minimum absolute atomic E-state index is 0.0635. The zero-order chi connectivity index (χ0) is 12.9. The van der Waals surface area contributed by atoms with Crippen LogP contribution in [-0.2, 0) is 13.2 Å². The molecule has 17 heavy (non-hydrogen) atoms. The average Bonchev–Trinajstić information content (AvgIpc) is 2.24. The van der Waals surface area contributed by atoms with Crippen molar-refractivity contribution in [1.82, 2.24) is 5.32 Å². The number of rotatable bonds is 5. The van der Waals surface area contributed by atoms with Gasteiger partial charge in [0.25, 0.3) is 0 Å². The molecule has 0 bridgehead atoms. The highest BCUT2D eigenvalue weighted by molar-refractivity contribution is 5.22. The summed E-state index contributed by atoms with van der Waals surface area (Å²) in [6.07, 6.45) is -4.98. The quantitative estimate of drug-likeness (QED) is 0.838. The van der Waals surface area contributed by atoms with Crippen molar-refractivity contribution in [3.63, 3.8) is 0 Å². The Bertz CT molecular complexity index is 352. The van der Waals surface area contributed by atoms with Crippen molar-refractivity contribution < 1.29 is 18.3 Å². The molecule has 2 N–H and O–H groups in total. The summed E-state index contributed by atoms with van der Waals surface area (Å²) >= 11 is 0. The van der Waals surface area contributed by atoms with Gasteiger partial charge in [0.1, 0.15) is 0 Å². The van der Waals surface area contributed by atoms with E-state index in [1.165, 1.54) is 6.92 Å². The maximum Gasteiger partial charge on any atom is 0.390 e.